The Hall–Kier alpha value is -2.75. The third kappa shape index (κ3) is 5.98. The molecule has 33 heavy (non-hydrogen) atoms. The van der Waals surface area contributed by atoms with Crippen LogP contribution < -0.4 is 9.64 Å². The molecular formula is C23H34N6O4. The Morgan fingerprint density at radius 3 is 2.27 bits per heavy atom. The van der Waals surface area contributed by atoms with E-state index in [1.807, 2.05) is 0 Å². The maximum Gasteiger partial charge on any atom is 0.324 e. The maximum atomic E-state index is 11.9. The van der Waals surface area contributed by atoms with Crippen LogP contribution in [-0.4, -0.2) is 76.4 Å². The van der Waals surface area contributed by atoms with Crippen molar-refractivity contribution in [2.75, 3.05) is 32.1 Å². The van der Waals surface area contributed by atoms with Gasteiger partial charge in [-0.2, -0.15) is 4.98 Å². The highest BCUT2D eigenvalue weighted by atomic mass is 16.5. The molecule has 1 aliphatic carbocycles. The van der Waals surface area contributed by atoms with Gasteiger partial charge in [0.15, 0.2) is 5.82 Å². The Balaban J connectivity index is 1.17. The third-order valence-corrected chi connectivity index (χ3v) is 6.21. The minimum atomic E-state index is -0.171. The first-order valence-electron chi connectivity index (χ1n) is 11.8. The fourth-order valence-electron chi connectivity index (χ4n) is 4.22. The molecule has 180 valence electrons. The van der Waals surface area contributed by atoms with E-state index in [1.54, 1.807) is 14.1 Å². The van der Waals surface area contributed by atoms with E-state index in [4.69, 9.17) is 14.0 Å². The molecule has 2 aromatic rings. The van der Waals surface area contributed by atoms with Gasteiger partial charge in [0.1, 0.15) is 11.8 Å². The van der Waals surface area contributed by atoms with Crippen molar-refractivity contribution >= 4 is 11.9 Å². The molecule has 10 heteroatoms. The second-order valence-electron chi connectivity index (χ2n) is 9.37. The molecule has 1 saturated carbocycles. The zero-order valence-corrected chi connectivity index (χ0v) is 19.9. The zero-order valence-electron chi connectivity index (χ0n) is 19.9. The topological polar surface area (TPSA) is 107 Å². The summed E-state index contributed by atoms with van der Waals surface area (Å²) >= 11 is 0. The van der Waals surface area contributed by atoms with Gasteiger partial charge in [0, 0.05) is 33.1 Å². The lowest BCUT2D eigenvalue weighted by atomic mass is 9.94. The maximum absolute atomic E-state index is 11.9. The van der Waals surface area contributed by atoms with Crippen molar-refractivity contribution in [1.82, 2.24) is 25.0 Å². The Bertz CT molecular complexity index is 900. The highest BCUT2D eigenvalue weighted by molar-refractivity contribution is 5.91. The van der Waals surface area contributed by atoms with E-state index in [2.05, 4.69) is 38.9 Å². The number of rotatable bonds is 7. The monoisotopic (exact) mass is 458 g/mol. The van der Waals surface area contributed by atoms with Crippen LogP contribution in [0, 0.1) is 0 Å². The summed E-state index contributed by atoms with van der Waals surface area (Å²) in [5, 5.41) is 4.06. The number of ether oxygens (including phenoxy) is 2. The first-order chi connectivity index (χ1) is 15.9. The van der Waals surface area contributed by atoms with Crippen LogP contribution in [0.5, 0.6) is 5.88 Å². The molecule has 0 aromatic carbocycles. The van der Waals surface area contributed by atoms with Crippen LogP contribution in [0.4, 0.5) is 6.01 Å². The van der Waals surface area contributed by atoms with Crippen LogP contribution in [0.15, 0.2) is 16.9 Å². The van der Waals surface area contributed by atoms with Gasteiger partial charge in [-0.25, -0.2) is 9.97 Å². The van der Waals surface area contributed by atoms with Gasteiger partial charge in [0.25, 0.3) is 5.91 Å². The Labute approximate surface area is 194 Å². The lowest BCUT2D eigenvalue weighted by molar-refractivity contribution is -0.0533. The molecule has 3 heterocycles. The Morgan fingerprint density at radius 2 is 1.70 bits per heavy atom. The fourth-order valence-corrected chi connectivity index (χ4v) is 4.22. The van der Waals surface area contributed by atoms with Crippen LogP contribution in [0.2, 0.25) is 0 Å². The van der Waals surface area contributed by atoms with Gasteiger partial charge < -0.3 is 23.8 Å². The van der Waals surface area contributed by atoms with Crippen LogP contribution in [0.1, 0.15) is 74.6 Å². The summed E-state index contributed by atoms with van der Waals surface area (Å²) < 4.78 is 17.8. The summed E-state index contributed by atoms with van der Waals surface area (Å²) in [6.45, 7) is 5.86. The van der Waals surface area contributed by atoms with Crippen LogP contribution in [-0.2, 0) is 4.74 Å². The fraction of sp³-hybridized carbons (Fsp3) is 0.696. The highest BCUT2D eigenvalue weighted by Crippen LogP contribution is 2.28. The molecule has 1 saturated heterocycles. The van der Waals surface area contributed by atoms with E-state index in [9.17, 15) is 4.79 Å². The second-order valence-corrected chi connectivity index (χ2v) is 9.37. The molecule has 0 radical (unpaired) electrons. The predicted octanol–water partition coefficient (Wildman–Crippen LogP) is 3.06. The molecule has 2 aromatic heterocycles. The first kappa shape index (κ1) is 23.4. The quantitative estimate of drug-likeness (QED) is 0.618. The van der Waals surface area contributed by atoms with Crippen molar-refractivity contribution in [1.29, 1.82) is 0 Å². The summed E-state index contributed by atoms with van der Waals surface area (Å²) in [7, 11) is 3.38. The molecule has 0 bridgehead atoms. The SMILES string of the molecule is CC(C)c1noc(N2CCC(OC3CCC(Oc4cnc(C(=O)N(C)C)cn4)CC3)CC2)n1. The highest BCUT2D eigenvalue weighted by Gasteiger charge is 2.29. The van der Waals surface area contributed by atoms with E-state index < -0.39 is 0 Å². The number of amides is 1. The second kappa shape index (κ2) is 10.5. The average molecular weight is 459 g/mol. The van der Waals surface area contributed by atoms with Gasteiger partial charge in [-0.3, -0.25) is 4.79 Å². The normalized spacial score (nSPS) is 21.9. The number of carbonyl (C=O) groups excluding carboxylic acids is 1. The molecule has 2 aliphatic rings. The average Bonchev–Trinajstić information content (AvgIpc) is 3.32. The van der Waals surface area contributed by atoms with Crippen molar-refractivity contribution in [3.05, 3.63) is 23.9 Å². The van der Waals surface area contributed by atoms with Gasteiger partial charge in [-0.15, -0.1) is 0 Å². The largest absolute Gasteiger partial charge is 0.473 e. The number of aromatic nitrogens is 4. The lowest BCUT2D eigenvalue weighted by Crippen LogP contribution is -2.39. The van der Waals surface area contributed by atoms with Crippen LogP contribution >= 0.6 is 0 Å². The van der Waals surface area contributed by atoms with Crippen molar-refractivity contribution in [3.63, 3.8) is 0 Å². The van der Waals surface area contributed by atoms with Crippen molar-refractivity contribution in [3.8, 4) is 5.88 Å². The summed E-state index contributed by atoms with van der Waals surface area (Å²) in [4.78, 5) is 28.5. The Kier molecular flexibility index (Phi) is 7.42. The number of hydrogen-bond donors (Lipinski definition) is 0. The predicted molar refractivity (Wildman–Crippen MR) is 121 cm³/mol. The minimum absolute atomic E-state index is 0.101. The van der Waals surface area contributed by atoms with Gasteiger partial charge in [-0.1, -0.05) is 19.0 Å². The van der Waals surface area contributed by atoms with E-state index in [1.165, 1.54) is 17.3 Å². The molecule has 0 N–H and O–H groups in total. The van der Waals surface area contributed by atoms with E-state index in [-0.39, 0.29) is 30.1 Å². The molecule has 0 unspecified atom stereocenters. The lowest BCUT2D eigenvalue weighted by Gasteiger charge is -2.35. The van der Waals surface area contributed by atoms with Crippen molar-refractivity contribution in [2.45, 2.75) is 76.6 Å². The summed E-state index contributed by atoms with van der Waals surface area (Å²) in [5.41, 5.74) is 0.315. The van der Waals surface area contributed by atoms with E-state index in [0.29, 0.717) is 17.6 Å². The number of carbonyl (C=O) groups is 1. The van der Waals surface area contributed by atoms with E-state index in [0.717, 1.165) is 57.4 Å². The van der Waals surface area contributed by atoms with E-state index >= 15 is 0 Å². The molecule has 1 aliphatic heterocycles. The van der Waals surface area contributed by atoms with Crippen LogP contribution in [0.25, 0.3) is 0 Å². The smallest absolute Gasteiger partial charge is 0.324 e. The van der Waals surface area contributed by atoms with Crippen LogP contribution in [0.3, 0.4) is 0 Å². The molecule has 1 amide bonds. The standard InChI is InChI=1S/C23H34N6O4/c1-15(2)21-26-23(33-27-21)29-11-9-18(10-12-29)31-16-5-7-17(8-6-16)32-20-14-24-19(13-25-20)22(30)28(3)4/h13-18H,5-12H2,1-4H3. The van der Waals surface area contributed by atoms with Gasteiger partial charge >= 0.3 is 6.01 Å². The molecular weight excluding hydrogens is 424 g/mol. The van der Waals surface area contributed by atoms with Gasteiger partial charge in [0.05, 0.1) is 24.6 Å². The number of anilines is 1. The zero-order chi connectivity index (χ0) is 23.4. The number of hydrogen-bond acceptors (Lipinski definition) is 9. The molecule has 0 spiro atoms. The van der Waals surface area contributed by atoms with Gasteiger partial charge in [-0.05, 0) is 38.5 Å². The third-order valence-electron chi connectivity index (χ3n) is 6.21. The molecule has 2 fully saturated rings. The summed E-state index contributed by atoms with van der Waals surface area (Å²) in [5.74, 6) is 1.31. The molecule has 0 atom stereocenters. The number of piperidine rings is 1. The van der Waals surface area contributed by atoms with Crippen molar-refractivity contribution < 1.29 is 18.8 Å². The molecule has 10 nitrogen and oxygen atoms in total. The Morgan fingerprint density at radius 1 is 1.03 bits per heavy atom. The number of nitrogens with zero attached hydrogens (tertiary/aromatic N) is 6. The minimum Gasteiger partial charge on any atom is -0.473 e. The first-order valence-corrected chi connectivity index (χ1v) is 11.8. The summed E-state index contributed by atoms with van der Waals surface area (Å²) in [6.07, 6.45) is 9.34. The van der Waals surface area contributed by atoms with Crippen molar-refractivity contribution in [2.24, 2.45) is 0 Å². The summed E-state index contributed by atoms with van der Waals surface area (Å²) in [6, 6.07) is 0.622. The van der Waals surface area contributed by atoms with Gasteiger partial charge in [0.2, 0.25) is 5.88 Å². The molecule has 4 rings (SSSR count).